The van der Waals surface area contributed by atoms with Gasteiger partial charge in [0.25, 0.3) is 11.6 Å². The lowest BCUT2D eigenvalue weighted by Crippen LogP contribution is -2.55. The molecule has 1 atom stereocenters. The number of nitro benzene ring substituents is 1. The zero-order valence-electron chi connectivity index (χ0n) is 11.3. The van der Waals surface area contributed by atoms with Gasteiger partial charge in [-0.3, -0.25) is 14.9 Å². The number of hydrogen-bond donors (Lipinski definition) is 2. The summed E-state index contributed by atoms with van der Waals surface area (Å²) in [6, 6.07) is 3.79. The standard InChI is InChI=1S/C13H14N2O6/c1-8-6-9(15(19)20)2-3-10(8)11(16)14-13(12(17)18)4-5-21-7-13/h2-3,6H,4-5,7H2,1H3,(H,14,16)(H,17,18). The quantitative estimate of drug-likeness (QED) is 0.628. The molecule has 1 aromatic carbocycles. The minimum atomic E-state index is -1.44. The van der Waals surface area contributed by atoms with Crippen molar-refractivity contribution in [2.75, 3.05) is 13.2 Å². The molecule has 1 amide bonds. The van der Waals surface area contributed by atoms with Gasteiger partial charge in [0, 0.05) is 30.7 Å². The monoisotopic (exact) mass is 294 g/mol. The van der Waals surface area contributed by atoms with Crippen LogP contribution in [0.1, 0.15) is 22.3 Å². The highest BCUT2D eigenvalue weighted by atomic mass is 16.6. The number of aliphatic carboxylic acids is 1. The Balaban J connectivity index is 2.24. The fourth-order valence-corrected chi connectivity index (χ4v) is 2.19. The van der Waals surface area contributed by atoms with Crippen LogP contribution in [0.25, 0.3) is 0 Å². The Hall–Kier alpha value is -2.48. The Morgan fingerprint density at radius 3 is 2.67 bits per heavy atom. The van der Waals surface area contributed by atoms with E-state index >= 15 is 0 Å². The highest BCUT2D eigenvalue weighted by Gasteiger charge is 2.44. The number of carboxylic acid groups (broad SMARTS) is 1. The summed E-state index contributed by atoms with van der Waals surface area (Å²) >= 11 is 0. The predicted octanol–water partition coefficient (Wildman–Crippen LogP) is 0.877. The van der Waals surface area contributed by atoms with Crippen LogP contribution < -0.4 is 5.32 Å². The molecule has 1 saturated heterocycles. The number of hydrogen-bond acceptors (Lipinski definition) is 5. The van der Waals surface area contributed by atoms with E-state index in [1.807, 2.05) is 0 Å². The molecule has 2 rings (SSSR count). The largest absolute Gasteiger partial charge is 0.479 e. The van der Waals surface area contributed by atoms with Crippen LogP contribution in [0.15, 0.2) is 18.2 Å². The molecule has 21 heavy (non-hydrogen) atoms. The third-order valence-corrected chi connectivity index (χ3v) is 3.45. The van der Waals surface area contributed by atoms with Crippen molar-refractivity contribution in [2.45, 2.75) is 18.9 Å². The molecule has 1 heterocycles. The molecule has 0 spiro atoms. The number of nitro groups is 1. The molecule has 8 nitrogen and oxygen atoms in total. The Bertz CT molecular complexity index is 607. The number of benzene rings is 1. The maximum atomic E-state index is 12.2. The first-order valence-corrected chi connectivity index (χ1v) is 6.24. The average molecular weight is 294 g/mol. The Labute approximate surface area is 119 Å². The number of aryl methyl sites for hydroxylation is 1. The van der Waals surface area contributed by atoms with E-state index in [9.17, 15) is 24.8 Å². The summed E-state index contributed by atoms with van der Waals surface area (Å²) in [6.45, 7) is 1.71. The van der Waals surface area contributed by atoms with E-state index in [1.165, 1.54) is 18.2 Å². The van der Waals surface area contributed by atoms with Crippen LogP contribution in [0.2, 0.25) is 0 Å². The average Bonchev–Trinajstić information content (AvgIpc) is 2.88. The zero-order valence-corrected chi connectivity index (χ0v) is 11.3. The minimum absolute atomic E-state index is 0.0971. The summed E-state index contributed by atoms with van der Waals surface area (Å²) in [4.78, 5) is 33.7. The molecule has 0 saturated carbocycles. The van der Waals surface area contributed by atoms with E-state index in [-0.39, 0.29) is 30.9 Å². The summed E-state index contributed by atoms with van der Waals surface area (Å²) in [5.74, 6) is -1.75. The number of carboxylic acids is 1. The molecule has 1 aliphatic rings. The number of carbonyl (C=O) groups excluding carboxylic acids is 1. The van der Waals surface area contributed by atoms with Gasteiger partial charge >= 0.3 is 5.97 Å². The smallest absolute Gasteiger partial charge is 0.331 e. The number of nitrogens with zero attached hydrogens (tertiary/aromatic N) is 1. The normalized spacial score (nSPS) is 21.0. The van der Waals surface area contributed by atoms with Gasteiger partial charge in [-0.05, 0) is 18.6 Å². The lowest BCUT2D eigenvalue weighted by atomic mass is 9.97. The van der Waals surface area contributed by atoms with Gasteiger partial charge in [0.1, 0.15) is 0 Å². The van der Waals surface area contributed by atoms with Crippen molar-refractivity contribution in [3.8, 4) is 0 Å². The zero-order chi connectivity index (χ0) is 15.6. The van der Waals surface area contributed by atoms with Crippen molar-refractivity contribution < 1.29 is 24.4 Å². The van der Waals surface area contributed by atoms with Crippen LogP contribution in [0.4, 0.5) is 5.69 Å². The first kappa shape index (κ1) is 14.9. The van der Waals surface area contributed by atoms with Crippen LogP contribution in [-0.4, -0.2) is 40.7 Å². The predicted molar refractivity (Wildman–Crippen MR) is 71.1 cm³/mol. The lowest BCUT2D eigenvalue weighted by Gasteiger charge is -2.24. The maximum absolute atomic E-state index is 12.2. The number of rotatable bonds is 4. The Morgan fingerprint density at radius 1 is 1.48 bits per heavy atom. The number of amides is 1. The topological polar surface area (TPSA) is 119 Å². The number of nitrogens with one attached hydrogen (secondary N) is 1. The van der Waals surface area contributed by atoms with Crippen LogP contribution in [0.5, 0.6) is 0 Å². The number of ether oxygens (including phenoxy) is 1. The van der Waals surface area contributed by atoms with E-state index < -0.39 is 22.3 Å². The van der Waals surface area contributed by atoms with Crippen LogP contribution in [0, 0.1) is 17.0 Å². The van der Waals surface area contributed by atoms with Crippen molar-refractivity contribution in [1.82, 2.24) is 5.32 Å². The molecular formula is C13H14N2O6. The molecule has 1 fully saturated rings. The van der Waals surface area contributed by atoms with Crippen LogP contribution >= 0.6 is 0 Å². The summed E-state index contributed by atoms with van der Waals surface area (Å²) in [5.41, 5.74) is -0.957. The van der Waals surface area contributed by atoms with Crippen LogP contribution in [0.3, 0.4) is 0 Å². The summed E-state index contributed by atoms with van der Waals surface area (Å²) < 4.78 is 5.05. The Morgan fingerprint density at radius 2 is 2.19 bits per heavy atom. The van der Waals surface area contributed by atoms with E-state index in [2.05, 4.69) is 5.32 Å². The molecule has 1 aliphatic heterocycles. The van der Waals surface area contributed by atoms with Crippen LogP contribution in [-0.2, 0) is 9.53 Å². The summed E-state index contributed by atoms with van der Waals surface area (Å²) in [7, 11) is 0. The molecule has 2 N–H and O–H groups in total. The van der Waals surface area contributed by atoms with Crippen molar-refractivity contribution in [3.05, 3.63) is 39.4 Å². The first-order valence-electron chi connectivity index (χ1n) is 6.24. The second kappa shape index (κ2) is 5.49. The molecule has 1 aromatic rings. The second-order valence-electron chi connectivity index (χ2n) is 4.90. The van der Waals surface area contributed by atoms with Gasteiger partial charge in [0.05, 0.1) is 11.5 Å². The molecule has 1 unspecified atom stereocenters. The molecule has 112 valence electrons. The van der Waals surface area contributed by atoms with Crippen molar-refractivity contribution in [1.29, 1.82) is 0 Å². The van der Waals surface area contributed by atoms with Gasteiger partial charge in [0.2, 0.25) is 0 Å². The van der Waals surface area contributed by atoms with Gasteiger partial charge in [-0.1, -0.05) is 0 Å². The maximum Gasteiger partial charge on any atom is 0.331 e. The van der Waals surface area contributed by atoms with Gasteiger partial charge in [-0.2, -0.15) is 0 Å². The van der Waals surface area contributed by atoms with Gasteiger partial charge in [-0.25, -0.2) is 4.79 Å². The van der Waals surface area contributed by atoms with Crippen molar-refractivity contribution in [3.63, 3.8) is 0 Å². The fourth-order valence-electron chi connectivity index (χ4n) is 2.19. The highest BCUT2D eigenvalue weighted by molar-refractivity contribution is 5.99. The Kier molecular flexibility index (Phi) is 3.90. The fraction of sp³-hybridized carbons (Fsp3) is 0.385. The van der Waals surface area contributed by atoms with E-state index in [0.717, 1.165) is 0 Å². The number of carbonyl (C=O) groups is 2. The van der Waals surface area contributed by atoms with E-state index in [0.29, 0.717) is 5.56 Å². The highest BCUT2D eigenvalue weighted by Crippen LogP contribution is 2.22. The number of non-ortho nitro benzene ring substituents is 1. The third kappa shape index (κ3) is 2.84. The van der Waals surface area contributed by atoms with Gasteiger partial charge < -0.3 is 15.2 Å². The third-order valence-electron chi connectivity index (χ3n) is 3.45. The van der Waals surface area contributed by atoms with E-state index in [1.54, 1.807) is 6.92 Å². The summed E-state index contributed by atoms with van der Waals surface area (Å²) in [6.07, 6.45) is 0.181. The van der Waals surface area contributed by atoms with Gasteiger partial charge in [0.15, 0.2) is 5.54 Å². The lowest BCUT2D eigenvalue weighted by molar-refractivity contribution is -0.384. The van der Waals surface area contributed by atoms with Crippen molar-refractivity contribution in [2.24, 2.45) is 0 Å². The SMILES string of the molecule is Cc1cc([N+](=O)[O-])ccc1C(=O)NC1(C(=O)O)CCOC1. The molecular weight excluding hydrogens is 280 g/mol. The molecule has 0 radical (unpaired) electrons. The van der Waals surface area contributed by atoms with Gasteiger partial charge in [-0.15, -0.1) is 0 Å². The first-order chi connectivity index (χ1) is 9.85. The summed E-state index contributed by atoms with van der Waals surface area (Å²) in [5, 5.41) is 22.4. The molecule has 0 bridgehead atoms. The minimum Gasteiger partial charge on any atom is -0.479 e. The second-order valence-corrected chi connectivity index (χ2v) is 4.90. The molecule has 0 aliphatic carbocycles. The molecule has 0 aromatic heterocycles. The van der Waals surface area contributed by atoms with Crippen molar-refractivity contribution >= 4 is 17.6 Å². The van der Waals surface area contributed by atoms with E-state index in [4.69, 9.17) is 4.74 Å². The molecule has 8 heteroatoms.